The van der Waals surface area contributed by atoms with Crippen molar-refractivity contribution in [3.63, 3.8) is 0 Å². The highest BCUT2D eigenvalue weighted by Crippen LogP contribution is 2.36. The van der Waals surface area contributed by atoms with E-state index < -0.39 is 10.0 Å². The molecule has 5 rings (SSSR count). The van der Waals surface area contributed by atoms with Gasteiger partial charge in [-0.1, -0.05) is 11.6 Å². The Hall–Kier alpha value is -2.59. The molecular weight excluding hydrogens is 544 g/mol. The van der Waals surface area contributed by atoms with E-state index in [4.69, 9.17) is 21.1 Å². The SMILES string of the molecule is COc1ccc(S(=O)(=O)N(CC(=O)N2CCc3sccc3[C@H]2COc2ccc(Cl)c(C)c2)CC2CC2)cc1. The molecule has 1 atom stereocenters. The smallest absolute Gasteiger partial charge is 0.243 e. The van der Waals surface area contributed by atoms with Crippen LogP contribution in [0.3, 0.4) is 0 Å². The molecule has 1 amide bonds. The number of ether oxygens (including phenoxy) is 2. The van der Waals surface area contributed by atoms with Crippen molar-refractivity contribution in [2.75, 3.05) is 33.4 Å². The molecule has 38 heavy (non-hydrogen) atoms. The Bertz CT molecular complexity index is 1400. The van der Waals surface area contributed by atoms with E-state index in [1.54, 1.807) is 34.4 Å². The standard InChI is InChI=1S/C28H31ClN2O5S2/c1-19-15-22(7-10-25(19)29)36-18-26-24-12-14-37-27(24)11-13-31(26)28(32)17-30(16-20-3-4-20)38(33,34)23-8-5-21(35-2)6-9-23/h5-10,12,14-15,20,26H,3-4,11,13,16-18H2,1-2H3/t26-/m1/s1. The molecule has 1 saturated carbocycles. The fourth-order valence-corrected chi connectivity index (χ4v) is 7.24. The van der Waals surface area contributed by atoms with E-state index in [1.807, 2.05) is 30.5 Å². The lowest BCUT2D eigenvalue weighted by Gasteiger charge is -2.37. The van der Waals surface area contributed by atoms with E-state index in [0.717, 1.165) is 30.4 Å². The highest BCUT2D eigenvalue weighted by molar-refractivity contribution is 7.89. The number of nitrogens with zero attached hydrogens (tertiary/aromatic N) is 2. The number of carbonyl (C=O) groups excluding carboxylic acids is 1. The number of halogens is 1. The largest absolute Gasteiger partial charge is 0.497 e. The van der Waals surface area contributed by atoms with Crippen LogP contribution in [0.15, 0.2) is 58.8 Å². The number of thiophene rings is 1. The van der Waals surface area contributed by atoms with Gasteiger partial charge in [0.05, 0.1) is 24.6 Å². The van der Waals surface area contributed by atoms with Gasteiger partial charge >= 0.3 is 0 Å². The number of benzene rings is 2. The van der Waals surface area contributed by atoms with E-state index in [0.29, 0.717) is 29.6 Å². The van der Waals surface area contributed by atoms with Crippen LogP contribution >= 0.6 is 22.9 Å². The third-order valence-electron chi connectivity index (χ3n) is 7.12. The van der Waals surface area contributed by atoms with Crippen molar-refractivity contribution in [1.82, 2.24) is 9.21 Å². The molecule has 202 valence electrons. The van der Waals surface area contributed by atoms with Crippen molar-refractivity contribution in [3.05, 3.63) is 74.9 Å². The lowest BCUT2D eigenvalue weighted by Crippen LogP contribution is -2.48. The molecule has 0 N–H and O–H groups in total. The van der Waals surface area contributed by atoms with Gasteiger partial charge < -0.3 is 14.4 Å². The first-order valence-electron chi connectivity index (χ1n) is 12.6. The van der Waals surface area contributed by atoms with Crippen LogP contribution in [0, 0.1) is 12.8 Å². The zero-order valence-electron chi connectivity index (χ0n) is 21.4. The van der Waals surface area contributed by atoms with Gasteiger partial charge in [0.25, 0.3) is 0 Å². The quantitative estimate of drug-likeness (QED) is 0.327. The predicted molar refractivity (Wildman–Crippen MR) is 149 cm³/mol. The number of carbonyl (C=O) groups is 1. The summed E-state index contributed by atoms with van der Waals surface area (Å²) in [6.45, 7) is 2.83. The average Bonchev–Trinajstić information content (AvgIpc) is 3.61. The minimum atomic E-state index is -3.86. The molecule has 0 spiro atoms. The molecule has 3 aromatic rings. The van der Waals surface area contributed by atoms with E-state index in [1.165, 1.54) is 28.4 Å². The van der Waals surface area contributed by atoms with Crippen molar-refractivity contribution in [1.29, 1.82) is 0 Å². The number of amides is 1. The maximum atomic E-state index is 13.8. The topological polar surface area (TPSA) is 76.2 Å². The summed E-state index contributed by atoms with van der Waals surface area (Å²) < 4.78 is 39.9. The number of methoxy groups -OCH3 is 1. The highest BCUT2D eigenvalue weighted by atomic mass is 35.5. The minimum absolute atomic E-state index is 0.156. The summed E-state index contributed by atoms with van der Waals surface area (Å²) in [6.07, 6.45) is 2.69. The highest BCUT2D eigenvalue weighted by Gasteiger charge is 2.37. The minimum Gasteiger partial charge on any atom is -0.497 e. The van der Waals surface area contributed by atoms with E-state index >= 15 is 0 Å². The Morgan fingerprint density at radius 2 is 1.87 bits per heavy atom. The fourth-order valence-electron chi connectivity index (χ4n) is 4.73. The van der Waals surface area contributed by atoms with Crippen LogP contribution in [0.2, 0.25) is 5.02 Å². The summed E-state index contributed by atoms with van der Waals surface area (Å²) >= 11 is 7.84. The molecule has 2 aliphatic rings. The molecule has 7 nitrogen and oxygen atoms in total. The maximum absolute atomic E-state index is 13.8. The summed E-state index contributed by atoms with van der Waals surface area (Å²) in [6, 6.07) is 13.5. The summed E-state index contributed by atoms with van der Waals surface area (Å²) in [5, 5.41) is 2.70. The van der Waals surface area contributed by atoms with Gasteiger partial charge in [0.2, 0.25) is 15.9 Å². The van der Waals surface area contributed by atoms with Crippen molar-refractivity contribution in [2.24, 2.45) is 5.92 Å². The van der Waals surface area contributed by atoms with Gasteiger partial charge in [-0.2, -0.15) is 4.31 Å². The van der Waals surface area contributed by atoms with Crippen LogP contribution in [-0.4, -0.2) is 56.9 Å². The Labute approximate surface area is 233 Å². The first-order valence-corrected chi connectivity index (χ1v) is 15.3. The normalized spacial score (nSPS) is 17.4. The fraction of sp³-hybridized carbons (Fsp3) is 0.393. The van der Waals surface area contributed by atoms with Crippen LogP contribution in [-0.2, 0) is 21.2 Å². The molecule has 1 aliphatic heterocycles. The number of hydrogen-bond donors (Lipinski definition) is 0. The van der Waals surface area contributed by atoms with Crippen molar-refractivity contribution in [3.8, 4) is 11.5 Å². The van der Waals surface area contributed by atoms with E-state index in [2.05, 4.69) is 0 Å². The van der Waals surface area contributed by atoms with Gasteiger partial charge in [0.15, 0.2) is 0 Å². The molecule has 10 heteroatoms. The van der Waals surface area contributed by atoms with Gasteiger partial charge in [-0.15, -0.1) is 11.3 Å². The third-order valence-corrected chi connectivity index (χ3v) is 10.4. The Morgan fingerprint density at radius 1 is 1.13 bits per heavy atom. The van der Waals surface area contributed by atoms with Gasteiger partial charge in [0.1, 0.15) is 18.1 Å². The van der Waals surface area contributed by atoms with Gasteiger partial charge in [-0.3, -0.25) is 4.79 Å². The first-order chi connectivity index (χ1) is 18.3. The summed E-state index contributed by atoms with van der Waals surface area (Å²) in [7, 11) is -2.32. The van der Waals surface area contributed by atoms with Crippen molar-refractivity contribution >= 4 is 38.9 Å². The number of rotatable bonds is 10. The summed E-state index contributed by atoms with van der Waals surface area (Å²) in [5.41, 5.74) is 1.98. The number of sulfonamides is 1. The second-order valence-corrected chi connectivity index (χ2v) is 13.1. The number of aryl methyl sites for hydroxylation is 1. The Morgan fingerprint density at radius 3 is 2.55 bits per heavy atom. The molecular formula is C28H31ClN2O5S2. The number of hydrogen-bond acceptors (Lipinski definition) is 6. The van der Waals surface area contributed by atoms with Crippen LogP contribution in [0.5, 0.6) is 11.5 Å². The molecule has 0 radical (unpaired) electrons. The monoisotopic (exact) mass is 574 g/mol. The molecule has 2 heterocycles. The van der Waals surface area contributed by atoms with Crippen LogP contribution in [0.25, 0.3) is 0 Å². The molecule has 2 aromatic carbocycles. The van der Waals surface area contributed by atoms with Crippen LogP contribution in [0.4, 0.5) is 0 Å². The van der Waals surface area contributed by atoms with Crippen molar-refractivity contribution < 1.29 is 22.7 Å². The first kappa shape index (κ1) is 27.0. The maximum Gasteiger partial charge on any atom is 0.243 e. The second-order valence-electron chi connectivity index (χ2n) is 9.79. The molecule has 0 saturated heterocycles. The van der Waals surface area contributed by atoms with E-state index in [-0.39, 0.29) is 35.9 Å². The zero-order chi connectivity index (χ0) is 26.9. The Balaban J connectivity index is 1.37. The molecule has 0 unspecified atom stereocenters. The van der Waals surface area contributed by atoms with Crippen molar-refractivity contribution in [2.45, 2.75) is 37.1 Å². The predicted octanol–water partition coefficient (Wildman–Crippen LogP) is 5.32. The Kier molecular flexibility index (Phi) is 8.00. The van der Waals surface area contributed by atoms with Gasteiger partial charge in [-0.05, 0) is 97.1 Å². The summed E-state index contributed by atoms with van der Waals surface area (Å²) in [4.78, 5) is 16.9. The number of fused-ring (bicyclic) bond motifs is 1. The van der Waals surface area contributed by atoms with Crippen LogP contribution in [0.1, 0.15) is 34.9 Å². The lowest BCUT2D eigenvalue weighted by molar-refractivity contribution is -0.135. The molecule has 1 aliphatic carbocycles. The zero-order valence-corrected chi connectivity index (χ0v) is 23.8. The second kappa shape index (κ2) is 11.3. The summed E-state index contributed by atoms with van der Waals surface area (Å²) in [5.74, 6) is 1.32. The molecule has 0 bridgehead atoms. The average molecular weight is 575 g/mol. The van der Waals surface area contributed by atoms with E-state index in [9.17, 15) is 13.2 Å². The van der Waals surface area contributed by atoms with Gasteiger partial charge in [-0.25, -0.2) is 8.42 Å². The molecule has 1 fully saturated rings. The van der Waals surface area contributed by atoms with Gasteiger partial charge in [0, 0.05) is 23.0 Å². The molecule has 1 aromatic heterocycles. The third kappa shape index (κ3) is 5.86. The van der Waals surface area contributed by atoms with Crippen LogP contribution < -0.4 is 9.47 Å². The lowest BCUT2D eigenvalue weighted by atomic mass is 10.0.